The van der Waals surface area contributed by atoms with Crippen LogP contribution >= 0.6 is 0 Å². The minimum absolute atomic E-state index is 0.111. The molecule has 0 saturated carbocycles. The van der Waals surface area contributed by atoms with Crippen molar-refractivity contribution in [3.63, 3.8) is 0 Å². The number of hydrogen-bond acceptors (Lipinski definition) is 2. The Hall–Kier alpha value is -3.34. The normalized spacial score (nSPS) is 13.5. The highest BCUT2D eigenvalue weighted by molar-refractivity contribution is 5.98. The lowest BCUT2D eigenvalue weighted by Crippen LogP contribution is -2.24. The molecule has 1 aliphatic heterocycles. The van der Waals surface area contributed by atoms with Crippen molar-refractivity contribution in [1.82, 2.24) is 19.1 Å². The van der Waals surface area contributed by atoms with Crippen LogP contribution in [0.15, 0.2) is 48.8 Å². The molecule has 5 rings (SSSR count). The summed E-state index contributed by atoms with van der Waals surface area (Å²) < 4.78 is 3.95. The molecule has 0 spiro atoms. The van der Waals surface area contributed by atoms with Gasteiger partial charge in [0.1, 0.15) is 5.69 Å². The number of nitrogens with zero attached hydrogens (tertiary/aromatic N) is 4. The van der Waals surface area contributed by atoms with Gasteiger partial charge in [0.05, 0.1) is 6.20 Å². The van der Waals surface area contributed by atoms with Crippen LogP contribution in [0.1, 0.15) is 38.4 Å². The Bertz CT molecular complexity index is 1260. The molecule has 29 heavy (non-hydrogen) atoms. The van der Waals surface area contributed by atoms with Gasteiger partial charge >= 0.3 is 0 Å². The first kappa shape index (κ1) is 17.7. The number of aryl methyl sites for hydroxylation is 3. The summed E-state index contributed by atoms with van der Waals surface area (Å²) in [4.78, 5) is 15.2. The number of carbonyl (C=O) groups excluding carboxylic acids is 1. The summed E-state index contributed by atoms with van der Waals surface area (Å²) in [6, 6.07) is 12.7. The molecule has 1 aliphatic rings. The van der Waals surface area contributed by atoms with E-state index in [0.717, 1.165) is 39.2 Å². The molecule has 0 bridgehead atoms. The largest absolute Gasteiger partial charge is 0.329 e. The van der Waals surface area contributed by atoms with Crippen LogP contribution < -0.4 is 0 Å². The molecular formula is C24H24N4O. The van der Waals surface area contributed by atoms with E-state index in [0.29, 0.717) is 13.1 Å². The Morgan fingerprint density at radius 3 is 2.41 bits per heavy atom. The maximum Gasteiger partial charge on any atom is 0.271 e. The average molecular weight is 384 g/mol. The molecule has 1 aromatic carbocycles. The van der Waals surface area contributed by atoms with Gasteiger partial charge in [-0.05, 0) is 49.1 Å². The Morgan fingerprint density at radius 1 is 0.966 bits per heavy atom. The van der Waals surface area contributed by atoms with Crippen molar-refractivity contribution < 1.29 is 4.79 Å². The molecule has 5 heteroatoms. The van der Waals surface area contributed by atoms with Crippen LogP contribution in [0.5, 0.6) is 0 Å². The summed E-state index contributed by atoms with van der Waals surface area (Å²) >= 11 is 0. The highest BCUT2D eigenvalue weighted by Crippen LogP contribution is 2.31. The summed E-state index contributed by atoms with van der Waals surface area (Å²) in [7, 11) is 1.92. The van der Waals surface area contributed by atoms with E-state index in [9.17, 15) is 4.79 Å². The van der Waals surface area contributed by atoms with Crippen LogP contribution in [-0.2, 0) is 20.1 Å². The fourth-order valence-corrected chi connectivity index (χ4v) is 4.38. The van der Waals surface area contributed by atoms with Crippen molar-refractivity contribution in [2.24, 2.45) is 7.05 Å². The Morgan fingerprint density at radius 2 is 1.72 bits per heavy atom. The van der Waals surface area contributed by atoms with Gasteiger partial charge in [-0.15, -0.1) is 0 Å². The first-order chi connectivity index (χ1) is 13.9. The van der Waals surface area contributed by atoms with Gasteiger partial charge < -0.3 is 9.30 Å². The molecule has 0 atom stereocenters. The fourth-order valence-electron chi connectivity index (χ4n) is 4.38. The minimum atomic E-state index is 0.111. The number of benzene rings is 1. The summed E-state index contributed by atoms with van der Waals surface area (Å²) in [5, 5.41) is 4.23. The predicted molar refractivity (Wildman–Crippen MR) is 114 cm³/mol. The molecule has 0 aliphatic carbocycles. The van der Waals surface area contributed by atoms with E-state index in [2.05, 4.69) is 66.7 Å². The maximum absolute atomic E-state index is 13.3. The van der Waals surface area contributed by atoms with Crippen molar-refractivity contribution in [2.75, 3.05) is 0 Å². The quantitative estimate of drug-likeness (QED) is 0.525. The molecule has 4 aromatic rings. The van der Waals surface area contributed by atoms with Crippen molar-refractivity contribution in [1.29, 1.82) is 0 Å². The smallest absolute Gasteiger partial charge is 0.271 e. The van der Waals surface area contributed by atoms with E-state index in [1.165, 1.54) is 11.1 Å². The lowest BCUT2D eigenvalue weighted by molar-refractivity contribution is 0.0761. The second-order valence-electron chi connectivity index (χ2n) is 8.02. The number of fused-ring (bicyclic) bond motifs is 3. The average Bonchev–Trinajstić information content (AvgIpc) is 3.35. The highest BCUT2D eigenvalue weighted by Gasteiger charge is 2.31. The molecular weight excluding hydrogens is 360 g/mol. The van der Waals surface area contributed by atoms with E-state index in [1.807, 2.05) is 24.3 Å². The second kappa shape index (κ2) is 6.34. The van der Waals surface area contributed by atoms with Crippen LogP contribution in [0.4, 0.5) is 0 Å². The summed E-state index contributed by atoms with van der Waals surface area (Å²) in [6.07, 6.45) is 3.87. The van der Waals surface area contributed by atoms with Crippen LogP contribution in [-0.4, -0.2) is 25.0 Å². The number of carbonyl (C=O) groups is 1. The van der Waals surface area contributed by atoms with Crippen molar-refractivity contribution >= 4 is 11.4 Å². The molecule has 1 amide bonds. The minimum Gasteiger partial charge on any atom is -0.329 e. The predicted octanol–water partition coefficient (Wildman–Crippen LogP) is 4.42. The molecule has 0 N–H and O–H groups in total. The lowest BCUT2D eigenvalue weighted by atomic mass is 10.1. The standard InChI is InChI=1S/C24H24N4O/c1-15-16(2)22-10-9-20-14-27(24(29)23(20)28(22)17(15)3)12-18-5-7-19(8-6-18)21-11-25-26(4)13-21/h5-11,13H,12,14H2,1-4H3. The van der Waals surface area contributed by atoms with Gasteiger partial charge in [-0.1, -0.05) is 30.3 Å². The van der Waals surface area contributed by atoms with Gasteiger partial charge in [-0.3, -0.25) is 9.48 Å². The molecule has 5 nitrogen and oxygen atoms in total. The number of aromatic nitrogens is 3. The van der Waals surface area contributed by atoms with Gasteiger partial charge in [0.2, 0.25) is 0 Å². The molecule has 4 heterocycles. The van der Waals surface area contributed by atoms with Crippen molar-refractivity contribution in [3.8, 4) is 11.1 Å². The summed E-state index contributed by atoms with van der Waals surface area (Å²) in [6.45, 7) is 7.63. The SMILES string of the molecule is Cc1c(C)c2ccc3c(n2c1C)C(=O)N(Cc1ccc(-c2cnn(C)c2)cc1)C3. The highest BCUT2D eigenvalue weighted by atomic mass is 16.2. The number of amides is 1. The van der Waals surface area contributed by atoms with E-state index in [-0.39, 0.29) is 5.91 Å². The maximum atomic E-state index is 13.3. The number of pyridine rings is 1. The summed E-state index contributed by atoms with van der Waals surface area (Å²) in [5.41, 5.74) is 10.1. The molecule has 0 unspecified atom stereocenters. The van der Waals surface area contributed by atoms with Crippen molar-refractivity contribution in [2.45, 2.75) is 33.9 Å². The third-order valence-electron chi connectivity index (χ3n) is 6.25. The van der Waals surface area contributed by atoms with E-state index < -0.39 is 0 Å². The van der Waals surface area contributed by atoms with Gasteiger partial charge in [0.25, 0.3) is 5.91 Å². The van der Waals surface area contributed by atoms with Crippen LogP contribution in [0.2, 0.25) is 0 Å². The summed E-state index contributed by atoms with van der Waals surface area (Å²) in [5.74, 6) is 0.111. The Labute approximate surface area is 170 Å². The molecule has 3 aromatic heterocycles. The first-order valence-corrected chi connectivity index (χ1v) is 9.91. The van der Waals surface area contributed by atoms with E-state index in [1.54, 1.807) is 4.68 Å². The van der Waals surface area contributed by atoms with Gasteiger partial charge in [0, 0.05) is 48.7 Å². The fraction of sp³-hybridized carbons (Fsp3) is 0.250. The first-order valence-electron chi connectivity index (χ1n) is 9.91. The van der Waals surface area contributed by atoms with Crippen molar-refractivity contribution in [3.05, 3.63) is 82.4 Å². The number of hydrogen-bond donors (Lipinski definition) is 0. The van der Waals surface area contributed by atoms with Crippen LogP contribution in [0.25, 0.3) is 16.6 Å². The third kappa shape index (κ3) is 2.69. The van der Waals surface area contributed by atoms with Gasteiger partial charge in [-0.2, -0.15) is 5.10 Å². The van der Waals surface area contributed by atoms with E-state index >= 15 is 0 Å². The Balaban J connectivity index is 1.44. The lowest BCUT2D eigenvalue weighted by Gasteiger charge is -2.16. The number of rotatable bonds is 3. The zero-order chi connectivity index (χ0) is 20.3. The monoisotopic (exact) mass is 384 g/mol. The van der Waals surface area contributed by atoms with Crippen LogP contribution in [0.3, 0.4) is 0 Å². The topological polar surface area (TPSA) is 42.5 Å². The Kier molecular flexibility index (Phi) is 3.88. The zero-order valence-corrected chi connectivity index (χ0v) is 17.2. The zero-order valence-electron chi connectivity index (χ0n) is 17.2. The van der Waals surface area contributed by atoms with Crippen LogP contribution in [0, 0.1) is 20.8 Å². The second-order valence-corrected chi connectivity index (χ2v) is 8.02. The molecule has 146 valence electrons. The molecule has 0 saturated heterocycles. The molecule has 0 radical (unpaired) electrons. The molecule has 0 fully saturated rings. The van der Waals surface area contributed by atoms with Gasteiger partial charge in [-0.25, -0.2) is 0 Å². The third-order valence-corrected chi connectivity index (χ3v) is 6.25. The van der Waals surface area contributed by atoms with Gasteiger partial charge in [0.15, 0.2) is 0 Å². The van der Waals surface area contributed by atoms with E-state index in [4.69, 9.17) is 0 Å².